The van der Waals surface area contributed by atoms with Gasteiger partial charge in [0.2, 0.25) is 0 Å². The van der Waals surface area contributed by atoms with Crippen molar-refractivity contribution in [3.63, 3.8) is 0 Å². The molecule has 5 nitrogen and oxygen atoms in total. The molecule has 0 saturated carbocycles. The molecule has 0 aromatic heterocycles. The van der Waals surface area contributed by atoms with Crippen molar-refractivity contribution >= 4 is 23.3 Å². The highest BCUT2D eigenvalue weighted by molar-refractivity contribution is 6.05. The number of ether oxygens (including phenoxy) is 1. The molecule has 3 rings (SSSR count). The van der Waals surface area contributed by atoms with Crippen LogP contribution in [0.2, 0.25) is 0 Å². The van der Waals surface area contributed by atoms with Gasteiger partial charge in [-0.1, -0.05) is 30.3 Å². The van der Waals surface area contributed by atoms with Crippen LogP contribution in [0, 0.1) is 0 Å². The standard InChI is InChI=1S/C16H14N2O3/c1-21-16(20)11-7-8-12-13(9-11)18-15(19)14(17-12)10-5-3-2-4-6-10/h2-9,14,17H,1H3,(H,18,19). The number of amides is 1. The van der Waals surface area contributed by atoms with E-state index < -0.39 is 12.0 Å². The molecule has 5 heteroatoms. The maximum atomic E-state index is 12.2. The lowest BCUT2D eigenvalue weighted by molar-refractivity contribution is -0.117. The number of methoxy groups -OCH3 is 1. The van der Waals surface area contributed by atoms with Crippen molar-refractivity contribution in [1.82, 2.24) is 0 Å². The molecule has 1 heterocycles. The van der Waals surface area contributed by atoms with E-state index in [1.165, 1.54) is 7.11 Å². The minimum Gasteiger partial charge on any atom is -0.465 e. The third-order valence-corrected chi connectivity index (χ3v) is 3.39. The highest BCUT2D eigenvalue weighted by atomic mass is 16.5. The van der Waals surface area contributed by atoms with Gasteiger partial charge in [0, 0.05) is 0 Å². The van der Waals surface area contributed by atoms with E-state index in [-0.39, 0.29) is 5.91 Å². The lowest BCUT2D eigenvalue weighted by Gasteiger charge is -2.27. The molecule has 106 valence electrons. The number of benzene rings is 2. The summed E-state index contributed by atoms with van der Waals surface area (Å²) in [7, 11) is 1.32. The highest BCUT2D eigenvalue weighted by Gasteiger charge is 2.27. The van der Waals surface area contributed by atoms with Gasteiger partial charge in [-0.25, -0.2) is 4.79 Å². The number of fused-ring (bicyclic) bond motifs is 1. The predicted octanol–water partition coefficient (Wildman–Crippen LogP) is 2.58. The van der Waals surface area contributed by atoms with Crippen molar-refractivity contribution in [2.45, 2.75) is 6.04 Å². The Morgan fingerprint density at radius 3 is 2.57 bits per heavy atom. The smallest absolute Gasteiger partial charge is 0.337 e. The molecule has 2 N–H and O–H groups in total. The second kappa shape index (κ2) is 5.28. The first-order valence-corrected chi connectivity index (χ1v) is 6.54. The van der Waals surface area contributed by atoms with Gasteiger partial charge in [0.15, 0.2) is 0 Å². The Morgan fingerprint density at radius 1 is 1.10 bits per heavy atom. The summed E-state index contributed by atoms with van der Waals surface area (Å²) in [5.74, 6) is -0.590. The summed E-state index contributed by atoms with van der Waals surface area (Å²) in [4.78, 5) is 23.7. The quantitative estimate of drug-likeness (QED) is 0.831. The Labute approximate surface area is 121 Å². The molecule has 2 aromatic carbocycles. The molecule has 0 bridgehead atoms. The fourth-order valence-corrected chi connectivity index (χ4v) is 2.32. The Bertz CT molecular complexity index is 698. The largest absolute Gasteiger partial charge is 0.465 e. The second-order valence-corrected chi connectivity index (χ2v) is 4.73. The van der Waals surface area contributed by atoms with Crippen LogP contribution in [-0.4, -0.2) is 19.0 Å². The van der Waals surface area contributed by atoms with Gasteiger partial charge < -0.3 is 15.4 Å². The van der Waals surface area contributed by atoms with Crippen LogP contribution < -0.4 is 10.6 Å². The molecule has 1 unspecified atom stereocenters. The zero-order valence-corrected chi connectivity index (χ0v) is 11.4. The van der Waals surface area contributed by atoms with Crippen LogP contribution in [0.5, 0.6) is 0 Å². The third kappa shape index (κ3) is 2.45. The van der Waals surface area contributed by atoms with Crippen LogP contribution in [0.1, 0.15) is 22.0 Å². The molecule has 0 radical (unpaired) electrons. The molecule has 1 amide bonds. The van der Waals surface area contributed by atoms with E-state index in [9.17, 15) is 9.59 Å². The summed E-state index contributed by atoms with van der Waals surface area (Å²) in [5, 5.41) is 6.00. The topological polar surface area (TPSA) is 67.4 Å². The van der Waals surface area contributed by atoms with E-state index in [1.54, 1.807) is 18.2 Å². The van der Waals surface area contributed by atoms with E-state index >= 15 is 0 Å². The fourth-order valence-electron chi connectivity index (χ4n) is 2.32. The highest BCUT2D eigenvalue weighted by Crippen LogP contribution is 2.33. The predicted molar refractivity (Wildman–Crippen MR) is 79.2 cm³/mol. The lowest BCUT2D eigenvalue weighted by Crippen LogP contribution is -2.32. The number of hydrogen-bond acceptors (Lipinski definition) is 4. The van der Waals surface area contributed by atoms with E-state index in [2.05, 4.69) is 15.4 Å². The number of rotatable bonds is 2. The van der Waals surface area contributed by atoms with Gasteiger partial charge >= 0.3 is 5.97 Å². The van der Waals surface area contributed by atoms with Gasteiger partial charge in [-0.2, -0.15) is 0 Å². The van der Waals surface area contributed by atoms with Crippen LogP contribution >= 0.6 is 0 Å². The number of nitrogens with one attached hydrogen (secondary N) is 2. The third-order valence-electron chi connectivity index (χ3n) is 3.39. The first-order valence-electron chi connectivity index (χ1n) is 6.54. The van der Waals surface area contributed by atoms with Crippen LogP contribution in [0.15, 0.2) is 48.5 Å². The SMILES string of the molecule is COC(=O)c1ccc2c(c1)NC(=O)C(c1ccccc1)N2. The maximum Gasteiger partial charge on any atom is 0.337 e. The zero-order valence-electron chi connectivity index (χ0n) is 11.4. The molecule has 0 spiro atoms. The lowest BCUT2D eigenvalue weighted by atomic mass is 10.0. The number of anilines is 2. The van der Waals surface area contributed by atoms with Crippen molar-refractivity contribution in [1.29, 1.82) is 0 Å². The van der Waals surface area contributed by atoms with Crippen molar-refractivity contribution in [2.24, 2.45) is 0 Å². The molecular formula is C16H14N2O3. The van der Waals surface area contributed by atoms with E-state index in [0.717, 1.165) is 11.3 Å². The van der Waals surface area contributed by atoms with Crippen molar-refractivity contribution in [3.05, 3.63) is 59.7 Å². The first kappa shape index (κ1) is 13.2. The average molecular weight is 282 g/mol. The summed E-state index contributed by atoms with van der Waals surface area (Å²) < 4.78 is 4.67. The Kier molecular flexibility index (Phi) is 3.31. The van der Waals surface area contributed by atoms with Crippen molar-refractivity contribution < 1.29 is 14.3 Å². The molecule has 21 heavy (non-hydrogen) atoms. The molecule has 0 fully saturated rings. The summed E-state index contributed by atoms with van der Waals surface area (Å²) in [6.45, 7) is 0. The van der Waals surface area contributed by atoms with Crippen LogP contribution in [0.4, 0.5) is 11.4 Å². The normalized spacial score (nSPS) is 16.4. The van der Waals surface area contributed by atoms with Gasteiger partial charge in [-0.15, -0.1) is 0 Å². The summed E-state index contributed by atoms with van der Waals surface area (Å²) in [5.41, 5.74) is 2.64. The molecule has 2 aromatic rings. The van der Waals surface area contributed by atoms with E-state index in [0.29, 0.717) is 11.3 Å². The van der Waals surface area contributed by atoms with Crippen LogP contribution in [0.25, 0.3) is 0 Å². The summed E-state index contributed by atoms with van der Waals surface area (Å²) in [6.07, 6.45) is 0. The van der Waals surface area contributed by atoms with E-state index in [1.807, 2.05) is 30.3 Å². The Morgan fingerprint density at radius 2 is 1.86 bits per heavy atom. The van der Waals surface area contributed by atoms with Crippen LogP contribution in [0.3, 0.4) is 0 Å². The summed E-state index contributed by atoms with van der Waals surface area (Å²) >= 11 is 0. The Balaban J connectivity index is 1.92. The van der Waals surface area contributed by atoms with Gasteiger partial charge in [-0.3, -0.25) is 4.79 Å². The number of carbonyl (C=O) groups excluding carboxylic acids is 2. The van der Waals surface area contributed by atoms with Crippen molar-refractivity contribution in [2.75, 3.05) is 17.7 Å². The molecule has 1 atom stereocenters. The van der Waals surface area contributed by atoms with Crippen LogP contribution in [-0.2, 0) is 9.53 Å². The van der Waals surface area contributed by atoms with Gasteiger partial charge in [0.25, 0.3) is 5.91 Å². The molecule has 0 aliphatic carbocycles. The molecule has 0 saturated heterocycles. The van der Waals surface area contributed by atoms with E-state index in [4.69, 9.17) is 0 Å². The molecule has 1 aliphatic heterocycles. The summed E-state index contributed by atoms with van der Waals surface area (Å²) in [6, 6.07) is 14.1. The van der Waals surface area contributed by atoms with Gasteiger partial charge in [-0.05, 0) is 23.8 Å². The number of carbonyl (C=O) groups is 2. The Hall–Kier alpha value is -2.82. The average Bonchev–Trinajstić information content (AvgIpc) is 2.53. The van der Waals surface area contributed by atoms with Crippen molar-refractivity contribution in [3.8, 4) is 0 Å². The number of esters is 1. The fraction of sp³-hybridized carbons (Fsp3) is 0.125. The minimum atomic E-state index is -0.442. The zero-order chi connectivity index (χ0) is 14.8. The van der Waals surface area contributed by atoms with Gasteiger partial charge in [0.05, 0.1) is 24.0 Å². The molecular weight excluding hydrogens is 268 g/mol. The first-order chi connectivity index (χ1) is 10.2. The minimum absolute atomic E-state index is 0.157. The molecule has 1 aliphatic rings. The second-order valence-electron chi connectivity index (χ2n) is 4.73. The monoisotopic (exact) mass is 282 g/mol. The number of hydrogen-bond donors (Lipinski definition) is 2. The maximum absolute atomic E-state index is 12.2. The van der Waals surface area contributed by atoms with Gasteiger partial charge in [0.1, 0.15) is 6.04 Å².